The molecule has 6 nitrogen and oxygen atoms in total. The van der Waals surface area contributed by atoms with E-state index in [0.29, 0.717) is 11.1 Å². The number of rotatable bonds is 7. The van der Waals surface area contributed by atoms with E-state index in [0.717, 1.165) is 29.7 Å². The summed E-state index contributed by atoms with van der Waals surface area (Å²) >= 11 is 1.02. The van der Waals surface area contributed by atoms with Gasteiger partial charge in [-0.15, -0.1) is 0 Å². The number of carbonyl (C=O) groups is 1. The van der Waals surface area contributed by atoms with Gasteiger partial charge in [-0.3, -0.25) is 14.9 Å². The predicted octanol–water partition coefficient (Wildman–Crippen LogP) is 4.21. The van der Waals surface area contributed by atoms with Crippen LogP contribution in [0.5, 0.6) is 0 Å². The molecular formula is C20H17N3O3S. The topological polar surface area (TPSA) is 84.6 Å². The summed E-state index contributed by atoms with van der Waals surface area (Å²) in [6, 6.07) is 18.9. The Hall–Kier alpha value is -3.32. The van der Waals surface area contributed by atoms with Gasteiger partial charge in [0.25, 0.3) is 5.91 Å². The Morgan fingerprint density at radius 3 is 2.59 bits per heavy atom. The van der Waals surface area contributed by atoms with Gasteiger partial charge in [-0.05, 0) is 30.0 Å². The zero-order valence-electron chi connectivity index (χ0n) is 14.4. The number of benzene rings is 2. The van der Waals surface area contributed by atoms with Crippen LogP contribution in [0.15, 0.2) is 71.1 Å². The number of nitro groups is 1. The van der Waals surface area contributed by atoms with E-state index in [1.54, 1.807) is 11.4 Å². The van der Waals surface area contributed by atoms with Crippen molar-refractivity contribution < 1.29 is 9.72 Å². The van der Waals surface area contributed by atoms with Crippen LogP contribution in [-0.4, -0.2) is 17.0 Å². The number of hydrogen-bond donors (Lipinski definition) is 1. The van der Waals surface area contributed by atoms with Crippen molar-refractivity contribution in [2.45, 2.75) is 12.8 Å². The lowest BCUT2D eigenvalue weighted by Crippen LogP contribution is -2.19. The number of nitrogens with one attached hydrogen (secondary N) is 1. The third kappa shape index (κ3) is 5.08. The van der Waals surface area contributed by atoms with Crippen LogP contribution in [0.2, 0.25) is 0 Å². The molecule has 0 saturated carbocycles. The smallest absolute Gasteiger partial charge is 0.267 e. The van der Waals surface area contributed by atoms with E-state index in [4.69, 9.17) is 0 Å². The second-order valence-electron chi connectivity index (χ2n) is 5.82. The summed E-state index contributed by atoms with van der Waals surface area (Å²) in [5, 5.41) is 16.2. The largest absolute Gasteiger partial charge is 0.324 e. The summed E-state index contributed by atoms with van der Waals surface area (Å²) in [5.41, 5.74) is 5.79. The maximum absolute atomic E-state index is 12.4. The van der Waals surface area contributed by atoms with Crippen molar-refractivity contribution in [1.29, 1.82) is 0 Å². The molecule has 7 heteroatoms. The molecule has 0 aliphatic carbocycles. The average Bonchev–Trinajstić information content (AvgIpc) is 3.17. The summed E-state index contributed by atoms with van der Waals surface area (Å²) < 4.78 is 0. The van der Waals surface area contributed by atoms with Crippen molar-refractivity contribution in [2.24, 2.45) is 5.10 Å². The van der Waals surface area contributed by atoms with Crippen molar-refractivity contribution >= 4 is 28.5 Å². The maximum Gasteiger partial charge on any atom is 0.324 e. The van der Waals surface area contributed by atoms with Crippen LogP contribution in [0.25, 0.3) is 0 Å². The van der Waals surface area contributed by atoms with Crippen LogP contribution < -0.4 is 5.43 Å². The minimum Gasteiger partial charge on any atom is -0.267 e. The zero-order valence-corrected chi connectivity index (χ0v) is 15.2. The number of carbonyl (C=O) groups excluding carboxylic acids is 1. The van der Waals surface area contributed by atoms with Crippen molar-refractivity contribution in [1.82, 2.24) is 5.43 Å². The van der Waals surface area contributed by atoms with E-state index in [9.17, 15) is 14.9 Å². The Balaban J connectivity index is 1.64. The van der Waals surface area contributed by atoms with E-state index in [1.807, 2.05) is 36.4 Å². The molecule has 0 unspecified atom stereocenters. The average molecular weight is 379 g/mol. The van der Waals surface area contributed by atoms with Crippen LogP contribution in [-0.2, 0) is 12.8 Å². The summed E-state index contributed by atoms with van der Waals surface area (Å²) in [6.07, 6.45) is 2.98. The Labute approximate surface area is 160 Å². The summed E-state index contributed by atoms with van der Waals surface area (Å²) in [5.74, 6) is -0.306. The normalized spacial score (nSPS) is 10.8. The van der Waals surface area contributed by atoms with Gasteiger partial charge in [0.2, 0.25) is 0 Å². The lowest BCUT2D eigenvalue weighted by molar-refractivity contribution is -0.380. The highest BCUT2D eigenvalue weighted by atomic mass is 32.1. The summed E-state index contributed by atoms with van der Waals surface area (Å²) in [7, 11) is 0. The minimum atomic E-state index is -0.455. The fraction of sp³-hybridized carbons (Fsp3) is 0.100. The first-order valence-corrected chi connectivity index (χ1v) is 9.19. The van der Waals surface area contributed by atoms with E-state index < -0.39 is 4.92 Å². The molecule has 0 atom stereocenters. The van der Waals surface area contributed by atoms with E-state index in [-0.39, 0.29) is 10.9 Å². The Kier molecular flexibility index (Phi) is 6.06. The van der Waals surface area contributed by atoms with Crippen LogP contribution in [0.1, 0.15) is 27.0 Å². The quantitative estimate of drug-likeness (QED) is 0.379. The first-order chi connectivity index (χ1) is 13.1. The molecule has 3 rings (SSSR count). The molecule has 0 saturated heterocycles. The third-order valence-corrected chi connectivity index (χ3v) is 4.85. The fourth-order valence-corrected chi connectivity index (χ4v) is 3.29. The third-order valence-electron chi connectivity index (χ3n) is 3.95. The fourth-order valence-electron chi connectivity index (χ4n) is 2.61. The van der Waals surface area contributed by atoms with Gasteiger partial charge in [0.05, 0.1) is 11.1 Å². The first-order valence-electron chi connectivity index (χ1n) is 8.31. The van der Waals surface area contributed by atoms with Gasteiger partial charge in [-0.2, -0.15) is 5.10 Å². The van der Waals surface area contributed by atoms with Crippen molar-refractivity contribution in [2.75, 3.05) is 0 Å². The van der Waals surface area contributed by atoms with Gasteiger partial charge in [-0.1, -0.05) is 59.9 Å². The predicted molar refractivity (Wildman–Crippen MR) is 106 cm³/mol. The second kappa shape index (κ2) is 8.86. The highest BCUT2D eigenvalue weighted by Gasteiger charge is 2.11. The number of aryl methyl sites for hydroxylation is 2. The second-order valence-corrected chi connectivity index (χ2v) is 6.71. The van der Waals surface area contributed by atoms with Crippen LogP contribution in [0.3, 0.4) is 0 Å². The molecule has 1 aromatic heterocycles. The molecule has 0 spiro atoms. The molecule has 3 aromatic rings. The van der Waals surface area contributed by atoms with Crippen LogP contribution >= 0.6 is 11.3 Å². The molecule has 0 aliphatic heterocycles. The van der Waals surface area contributed by atoms with Gasteiger partial charge >= 0.3 is 5.00 Å². The lowest BCUT2D eigenvalue weighted by atomic mass is 9.99. The molecule has 1 amide bonds. The van der Waals surface area contributed by atoms with Crippen LogP contribution in [0.4, 0.5) is 5.00 Å². The van der Waals surface area contributed by atoms with Crippen molar-refractivity contribution in [3.8, 4) is 0 Å². The molecule has 0 aliphatic rings. The molecule has 136 valence electrons. The Morgan fingerprint density at radius 1 is 1.11 bits per heavy atom. The van der Waals surface area contributed by atoms with E-state index in [2.05, 4.69) is 22.7 Å². The minimum absolute atomic E-state index is 0.0361. The maximum atomic E-state index is 12.4. The van der Waals surface area contributed by atoms with Gasteiger partial charge in [0, 0.05) is 22.6 Å². The zero-order chi connectivity index (χ0) is 19.1. The highest BCUT2D eigenvalue weighted by Crippen LogP contribution is 2.21. The molecule has 2 aromatic carbocycles. The highest BCUT2D eigenvalue weighted by molar-refractivity contribution is 7.13. The SMILES string of the molecule is O=C(N/N=C/c1csc([N+](=O)[O-])c1)c1ccccc1CCc1ccccc1. The molecule has 1 heterocycles. The molecule has 27 heavy (non-hydrogen) atoms. The van der Waals surface area contributed by atoms with Crippen LogP contribution in [0, 0.1) is 10.1 Å². The Bertz CT molecular complexity index is 967. The molecule has 0 radical (unpaired) electrons. The molecule has 0 fully saturated rings. The van der Waals surface area contributed by atoms with Gasteiger partial charge in [0.1, 0.15) is 0 Å². The number of amides is 1. The monoisotopic (exact) mass is 379 g/mol. The molecule has 1 N–H and O–H groups in total. The van der Waals surface area contributed by atoms with Crippen molar-refractivity contribution in [3.05, 3.63) is 98.4 Å². The Morgan fingerprint density at radius 2 is 1.85 bits per heavy atom. The van der Waals surface area contributed by atoms with Gasteiger partial charge < -0.3 is 0 Å². The number of thiophene rings is 1. The number of hydrazone groups is 1. The molecule has 0 bridgehead atoms. The number of nitrogens with zero attached hydrogens (tertiary/aromatic N) is 2. The standard InChI is InChI=1S/C20H17N3O3S/c24-20(22-21-13-16-12-19(23(25)26)27-14-16)18-9-5-4-8-17(18)11-10-15-6-2-1-3-7-15/h1-9,12-14H,10-11H2,(H,22,24)/b21-13+. The molecular weight excluding hydrogens is 362 g/mol. The lowest BCUT2D eigenvalue weighted by Gasteiger charge is -2.08. The van der Waals surface area contributed by atoms with Crippen molar-refractivity contribution in [3.63, 3.8) is 0 Å². The van der Waals surface area contributed by atoms with Gasteiger partial charge in [0.15, 0.2) is 0 Å². The van der Waals surface area contributed by atoms with Gasteiger partial charge in [-0.25, -0.2) is 5.43 Å². The first kappa shape index (κ1) is 18.5. The van der Waals surface area contributed by atoms with E-state index >= 15 is 0 Å². The van der Waals surface area contributed by atoms with E-state index in [1.165, 1.54) is 17.8 Å². The summed E-state index contributed by atoms with van der Waals surface area (Å²) in [4.78, 5) is 22.7. The summed E-state index contributed by atoms with van der Waals surface area (Å²) in [6.45, 7) is 0. The number of hydrogen-bond acceptors (Lipinski definition) is 5.